The molecule has 0 N–H and O–H groups in total. The highest BCUT2D eigenvalue weighted by Crippen LogP contribution is 2.37. The zero-order chi connectivity index (χ0) is 27.9. The van der Waals surface area contributed by atoms with Crippen LogP contribution in [0.3, 0.4) is 0 Å². The topological polar surface area (TPSA) is 47.4 Å². The minimum Gasteiger partial charge on any atom is -0.461 e. The fraction of sp³-hybridized carbons (Fsp3) is 0.588. The van der Waals surface area contributed by atoms with Crippen LogP contribution in [0.2, 0.25) is 0 Å². The van der Waals surface area contributed by atoms with Gasteiger partial charge in [0.05, 0.1) is 11.0 Å². The molecule has 0 saturated heterocycles. The lowest BCUT2D eigenvalue weighted by Crippen LogP contribution is -2.37. The van der Waals surface area contributed by atoms with Crippen LogP contribution >= 0.6 is 0 Å². The summed E-state index contributed by atoms with van der Waals surface area (Å²) in [5, 5.41) is 0. The van der Waals surface area contributed by atoms with Crippen LogP contribution in [-0.4, -0.2) is 34.7 Å². The molecule has 5 heteroatoms. The van der Waals surface area contributed by atoms with E-state index in [1.54, 1.807) is 0 Å². The summed E-state index contributed by atoms with van der Waals surface area (Å²) in [6.07, 6.45) is 8.05. The first-order chi connectivity index (χ1) is 18.8. The van der Waals surface area contributed by atoms with Crippen molar-refractivity contribution < 1.29 is 9.53 Å². The molecule has 1 aliphatic carbocycles. The molecule has 0 amide bonds. The third kappa shape index (κ3) is 6.85. The molecular formula is C34H49N3O2. The highest BCUT2D eigenvalue weighted by molar-refractivity contribution is 5.85. The molecule has 0 aliphatic heterocycles. The molecule has 0 unspecified atom stereocenters. The molecule has 39 heavy (non-hydrogen) atoms. The predicted octanol–water partition coefficient (Wildman–Crippen LogP) is 8.67. The van der Waals surface area contributed by atoms with Crippen molar-refractivity contribution >= 4 is 22.7 Å². The summed E-state index contributed by atoms with van der Waals surface area (Å²) in [6.45, 7) is 15.4. The fourth-order valence-electron chi connectivity index (χ4n) is 6.13. The molecule has 1 aromatic heterocycles. The number of hydrogen-bond donors (Lipinski definition) is 0. The highest BCUT2D eigenvalue weighted by atomic mass is 16.5. The smallest absolute Gasteiger partial charge is 0.329 e. The zero-order valence-electron chi connectivity index (χ0n) is 25.0. The van der Waals surface area contributed by atoms with Gasteiger partial charge >= 0.3 is 5.97 Å². The van der Waals surface area contributed by atoms with Gasteiger partial charge in [-0.15, -0.1) is 0 Å². The lowest BCUT2D eigenvalue weighted by Gasteiger charge is -2.37. The highest BCUT2D eigenvalue weighted by Gasteiger charge is 2.35. The molecule has 0 radical (unpaired) electrons. The molecule has 0 bridgehead atoms. The Balaban J connectivity index is 1.63. The normalized spacial score (nSPS) is 20.3. The van der Waals surface area contributed by atoms with Crippen LogP contribution in [0.4, 0.5) is 5.69 Å². The van der Waals surface area contributed by atoms with Gasteiger partial charge in [-0.2, -0.15) is 0 Å². The second kappa shape index (κ2) is 13.5. The van der Waals surface area contributed by atoms with Gasteiger partial charge in [0.2, 0.25) is 0 Å². The molecule has 5 nitrogen and oxygen atoms in total. The Kier molecular flexibility index (Phi) is 10.1. The molecule has 0 spiro atoms. The molecule has 2 aromatic carbocycles. The lowest BCUT2D eigenvalue weighted by molar-refractivity contribution is -0.159. The number of carbonyl (C=O) groups is 1. The Morgan fingerprint density at radius 2 is 1.67 bits per heavy atom. The Morgan fingerprint density at radius 1 is 1.00 bits per heavy atom. The number of unbranched alkanes of at least 4 members (excludes halogenated alkanes) is 2. The minimum atomic E-state index is -0.470. The molecule has 1 aliphatic rings. The van der Waals surface area contributed by atoms with Crippen molar-refractivity contribution in [3.05, 3.63) is 48.5 Å². The number of imidazole rings is 1. The van der Waals surface area contributed by atoms with Gasteiger partial charge in [-0.3, -0.25) is 0 Å². The molecule has 1 saturated carbocycles. The average molecular weight is 532 g/mol. The number of ether oxygens (including phenoxy) is 1. The zero-order valence-corrected chi connectivity index (χ0v) is 25.0. The van der Waals surface area contributed by atoms with Gasteiger partial charge in [-0.1, -0.05) is 66.0 Å². The molecule has 1 fully saturated rings. The van der Waals surface area contributed by atoms with E-state index in [9.17, 15) is 4.79 Å². The van der Waals surface area contributed by atoms with E-state index in [2.05, 4.69) is 74.4 Å². The van der Waals surface area contributed by atoms with Crippen LogP contribution in [-0.2, 0) is 9.53 Å². The summed E-state index contributed by atoms with van der Waals surface area (Å²) in [5.41, 5.74) is 4.13. The Morgan fingerprint density at radius 3 is 2.31 bits per heavy atom. The van der Waals surface area contributed by atoms with Crippen molar-refractivity contribution in [1.29, 1.82) is 0 Å². The van der Waals surface area contributed by atoms with Crippen molar-refractivity contribution in [2.45, 2.75) is 98.6 Å². The van der Waals surface area contributed by atoms with Gasteiger partial charge in [-0.25, -0.2) is 9.78 Å². The molecule has 4 rings (SSSR count). The van der Waals surface area contributed by atoms with E-state index in [1.807, 2.05) is 25.1 Å². The van der Waals surface area contributed by atoms with Gasteiger partial charge in [-0.05, 0) is 86.8 Å². The second-order valence-corrected chi connectivity index (χ2v) is 12.0. The number of rotatable bonds is 12. The number of para-hydroxylation sites is 2. The number of aromatic nitrogens is 2. The average Bonchev–Trinajstić information content (AvgIpc) is 3.32. The van der Waals surface area contributed by atoms with Gasteiger partial charge in [0, 0.05) is 24.3 Å². The summed E-state index contributed by atoms with van der Waals surface area (Å²) >= 11 is 0. The van der Waals surface area contributed by atoms with Crippen LogP contribution < -0.4 is 4.90 Å². The number of esters is 1. The first kappa shape index (κ1) is 29.2. The van der Waals surface area contributed by atoms with Crippen molar-refractivity contribution in [3.63, 3.8) is 0 Å². The second-order valence-electron chi connectivity index (χ2n) is 12.0. The largest absolute Gasteiger partial charge is 0.461 e. The van der Waals surface area contributed by atoms with Crippen LogP contribution in [0.25, 0.3) is 22.4 Å². The van der Waals surface area contributed by atoms with E-state index in [1.165, 1.54) is 37.8 Å². The van der Waals surface area contributed by atoms with Crippen LogP contribution in [0.1, 0.15) is 92.5 Å². The fourth-order valence-corrected chi connectivity index (χ4v) is 6.13. The minimum absolute atomic E-state index is 0.0153. The summed E-state index contributed by atoms with van der Waals surface area (Å²) in [5.74, 6) is 2.17. The lowest BCUT2D eigenvalue weighted by atomic mass is 9.75. The van der Waals surface area contributed by atoms with Crippen molar-refractivity contribution in [3.8, 4) is 11.4 Å². The van der Waals surface area contributed by atoms with Gasteiger partial charge < -0.3 is 14.2 Å². The summed E-state index contributed by atoms with van der Waals surface area (Å²) in [6, 6.07) is 16.4. The number of nitrogens with zero attached hydrogens (tertiary/aromatic N) is 3. The van der Waals surface area contributed by atoms with Crippen LogP contribution in [0.15, 0.2) is 48.5 Å². The SMILES string of the molecule is CCCCN(CCCC)c1ccc(-c2nc3ccccc3n2[C@H](C)C(=O)O[C@@H]2C[C@H](C)CC[C@H]2C(C)C)cc1. The molecule has 212 valence electrons. The van der Waals surface area contributed by atoms with E-state index in [4.69, 9.17) is 9.72 Å². The number of anilines is 1. The third-order valence-corrected chi connectivity index (χ3v) is 8.61. The maximum atomic E-state index is 13.7. The summed E-state index contributed by atoms with van der Waals surface area (Å²) in [4.78, 5) is 21.2. The van der Waals surface area contributed by atoms with E-state index < -0.39 is 6.04 Å². The van der Waals surface area contributed by atoms with Gasteiger partial charge in [0.25, 0.3) is 0 Å². The summed E-state index contributed by atoms with van der Waals surface area (Å²) < 4.78 is 8.37. The number of carbonyl (C=O) groups excluding carboxylic acids is 1. The molecule has 3 aromatic rings. The Bertz CT molecular complexity index is 1190. The van der Waals surface area contributed by atoms with Crippen molar-refractivity contribution in [1.82, 2.24) is 9.55 Å². The maximum absolute atomic E-state index is 13.7. The molecule has 1 heterocycles. The molecular weight excluding hydrogens is 482 g/mol. The van der Waals surface area contributed by atoms with E-state index in [0.29, 0.717) is 17.8 Å². The predicted molar refractivity (Wildman–Crippen MR) is 163 cm³/mol. The van der Waals surface area contributed by atoms with Crippen molar-refractivity contribution in [2.75, 3.05) is 18.0 Å². The number of fused-ring (bicyclic) bond motifs is 1. The number of benzene rings is 2. The molecule has 4 atom stereocenters. The first-order valence-electron chi connectivity index (χ1n) is 15.4. The quantitative estimate of drug-likeness (QED) is 0.219. The monoisotopic (exact) mass is 531 g/mol. The van der Waals surface area contributed by atoms with Gasteiger partial charge in [0.15, 0.2) is 0 Å². The summed E-state index contributed by atoms with van der Waals surface area (Å²) in [7, 11) is 0. The Labute approximate surface area is 236 Å². The van der Waals surface area contributed by atoms with E-state index >= 15 is 0 Å². The Hall–Kier alpha value is -2.82. The van der Waals surface area contributed by atoms with E-state index in [-0.39, 0.29) is 12.1 Å². The van der Waals surface area contributed by atoms with Gasteiger partial charge in [0.1, 0.15) is 18.0 Å². The third-order valence-electron chi connectivity index (χ3n) is 8.61. The van der Waals surface area contributed by atoms with E-state index in [0.717, 1.165) is 48.4 Å². The first-order valence-corrected chi connectivity index (χ1v) is 15.4. The van der Waals surface area contributed by atoms with Crippen LogP contribution in [0, 0.1) is 17.8 Å². The maximum Gasteiger partial charge on any atom is 0.329 e. The number of hydrogen-bond acceptors (Lipinski definition) is 4. The van der Waals surface area contributed by atoms with Crippen molar-refractivity contribution in [2.24, 2.45) is 17.8 Å². The van der Waals surface area contributed by atoms with Crippen LogP contribution in [0.5, 0.6) is 0 Å². The standard InChI is InChI=1S/C34H49N3O2/c1-7-9-21-36(22-10-8-2)28-18-16-27(17-19-28)33-35-30-13-11-12-14-31(30)37(33)26(6)34(38)39-32-23-25(5)15-20-29(32)24(3)4/h11-14,16-19,24-26,29,32H,7-10,15,20-23H2,1-6H3/t25-,26-,29+,32-/m1/s1.